The SMILES string of the molecule is Cc1cccc(NC(=O)CCCN(CC(=O)O)C2CC2)c1. The van der Waals surface area contributed by atoms with Crippen LogP contribution in [0.15, 0.2) is 24.3 Å². The molecule has 2 N–H and O–H groups in total. The number of carboxylic acids is 1. The minimum Gasteiger partial charge on any atom is -0.480 e. The zero-order valence-electron chi connectivity index (χ0n) is 12.3. The van der Waals surface area contributed by atoms with Gasteiger partial charge in [-0.05, 0) is 50.4 Å². The Morgan fingerprint density at radius 1 is 1.38 bits per heavy atom. The molecular formula is C16H22N2O3. The summed E-state index contributed by atoms with van der Waals surface area (Å²) in [7, 11) is 0. The molecule has 1 aromatic rings. The number of anilines is 1. The second-order valence-corrected chi connectivity index (χ2v) is 5.62. The number of nitrogens with one attached hydrogen (secondary N) is 1. The quantitative estimate of drug-likeness (QED) is 0.770. The van der Waals surface area contributed by atoms with E-state index >= 15 is 0 Å². The van der Waals surface area contributed by atoms with Crippen LogP contribution in [-0.2, 0) is 9.59 Å². The van der Waals surface area contributed by atoms with Crippen molar-refractivity contribution in [1.29, 1.82) is 0 Å². The van der Waals surface area contributed by atoms with E-state index in [9.17, 15) is 9.59 Å². The highest BCUT2D eigenvalue weighted by atomic mass is 16.4. The van der Waals surface area contributed by atoms with Gasteiger partial charge in [0.05, 0.1) is 6.54 Å². The molecule has 0 spiro atoms. The van der Waals surface area contributed by atoms with E-state index in [-0.39, 0.29) is 12.5 Å². The van der Waals surface area contributed by atoms with Crippen molar-refractivity contribution in [1.82, 2.24) is 4.90 Å². The number of carbonyl (C=O) groups excluding carboxylic acids is 1. The maximum Gasteiger partial charge on any atom is 0.317 e. The topological polar surface area (TPSA) is 69.6 Å². The van der Waals surface area contributed by atoms with E-state index in [2.05, 4.69) is 5.32 Å². The van der Waals surface area contributed by atoms with Crippen molar-refractivity contribution in [3.8, 4) is 0 Å². The number of hydrogen-bond acceptors (Lipinski definition) is 3. The van der Waals surface area contributed by atoms with E-state index in [1.807, 2.05) is 36.1 Å². The van der Waals surface area contributed by atoms with Crippen molar-refractivity contribution in [2.45, 2.75) is 38.6 Å². The molecule has 0 radical (unpaired) electrons. The first kappa shape index (κ1) is 15.5. The highest BCUT2D eigenvalue weighted by molar-refractivity contribution is 5.90. The van der Waals surface area contributed by atoms with Gasteiger partial charge in [0.25, 0.3) is 0 Å². The molecule has 0 atom stereocenters. The van der Waals surface area contributed by atoms with Gasteiger partial charge in [0.15, 0.2) is 0 Å². The predicted molar refractivity (Wildman–Crippen MR) is 81.3 cm³/mol. The number of rotatable bonds is 8. The molecule has 1 aliphatic rings. The van der Waals surface area contributed by atoms with Gasteiger partial charge in [-0.25, -0.2) is 0 Å². The third kappa shape index (κ3) is 5.55. The Morgan fingerprint density at radius 2 is 2.14 bits per heavy atom. The van der Waals surface area contributed by atoms with Gasteiger partial charge < -0.3 is 10.4 Å². The highest BCUT2D eigenvalue weighted by Crippen LogP contribution is 2.26. The monoisotopic (exact) mass is 290 g/mol. The molecule has 1 amide bonds. The lowest BCUT2D eigenvalue weighted by atomic mass is 10.2. The van der Waals surface area contributed by atoms with Crippen LogP contribution in [0.5, 0.6) is 0 Å². The summed E-state index contributed by atoms with van der Waals surface area (Å²) in [6.45, 7) is 2.72. The molecule has 5 heteroatoms. The molecule has 0 aliphatic heterocycles. The second-order valence-electron chi connectivity index (χ2n) is 5.62. The molecule has 2 rings (SSSR count). The molecular weight excluding hydrogens is 268 g/mol. The molecule has 1 fully saturated rings. The lowest BCUT2D eigenvalue weighted by Gasteiger charge is -2.19. The van der Waals surface area contributed by atoms with Crippen LogP contribution in [0, 0.1) is 6.92 Å². The number of nitrogens with zero attached hydrogens (tertiary/aromatic N) is 1. The van der Waals surface area contributed by atoms with E-state index in [1.54, 1.807) is 0 Å². The number of carboxylic acid groups (broad SMARTS) is 1. The zero-order chi connectivity index (χ0) is 15.2. The maximum atomic E-state index is 11.9. The van der Waals surface area contributed by atoms with Crippen molar-refractivity contribution < 1.29 is 14.7 Å². The van der Waals surface area contributed by atoms with Crippen molar-refractivity contribution in [2.24, 2.45) is 0 Å². The van der Waals surface area contributed by atoms with Crippen LogP contribution in [0.2, 0.25) is 0 Å². The van der Waals surface area contributed by atoms with Crippen LogP contribution in [0.25, 0.3) is 0 Å². The van der Waals surface area contributed by atoms with E-state index in [4.69, 9.17) is 5.11 Å². The fourth-order valence-electron chi connectivity index (χ4n) is 2.39. The Kier molecular flexibility index (Phi) is 5.33. The van der Waals surface area contributed by atoms with E-state index in [0.29, 0.717) is 25.4 Å². The van der Waals surface area contributed by atoms with Crippen LogP contribution < -0.4 is 5.32 Å². The summed E-state index contributed by atoms with van der Waals surface area (Å²) < 4.78 is 0. The fourth-order valence-corrected chi connectivity index (χ4v) is 2.39. The minimum absolute atomic E-state index is 0.0216. The first-order valence-corrected chi connectivity index (χ1v) is 7.37. The standard InChI is InChI=1S/C16H22N2O3/c1-12-4-2-5-13(10-12)17-15(19)6-3-9-18(11-16(20)21)14-7-8-14/h2,4-5,10,14H,3,6-9,11H2,1H3,(H,17,19)(H,20,21). The number of aliphatic carboxylic acids is 1. The van der Waals surface area contributed by atoms with Gasteiger partial charge in [0.1, 0.15) is 0 Å². The van der Waals surface area contributed by atoms with Gasteiger partial charge in [0.2, 0.25) is 5.91 Å². The molecule has 21 heavy (non-hydrogen) atoms. The van der Waals surface area contributed by atoms with Crippen LogP contribution >= 0.6 is 0 Å². The fraction of sp³-hybridized carbons (Fsp3) is 0.500. The Labute approximate surface area is 125 Å². The molecule has 1 aliphatic carbocycles. The van der Waals surface area contributed by atoms with Crippen LogP contribution in [-0.4, -0.2) is 41.0 Å². The van der Waals surface area contributed by atoms with E-state index in [0.717, 1.165) is 24.1 Å². The van der Waals surface area contributed by atoms with Crippen molar-refractivity contribution in [2.75, 3.05) is 18.4 Å². The lowest BCUT2D eigenvalue weighted by molar-refractivity contribution is -0.138. The normalized spacial score (nSPS) is 14.2. The van der Waals surface area contributed by atoms with E-state index in [1.165, 1.54) is 0 Å². The first-order chi connectivity index (χ1) is 10.0. The molecule has 1 saturated carbocycles. The molecule has 0 saturated heterocycles. The van der Waals surface area contributed by atoms with Crippen LogP contribution in [0.4, 0.5) is 5.69 Å². The average Bonchev–Trinajstić information content (AvgIpc) is 3.21. The largest absolute Gasteiger partial charge is 0.480 e. The van der Waals surface area contributed by atoms with Gasteiger partial charge in [-0.2, -0.15) is 0 Å². The third-order valence-electron chi connectivity index (χ3n) is 3.55. The number of hydrogen-bond donors (Lipinski definition) is 2. The Balaban J connectivity index is 1.72. The van der Waals surface area contributed by atoms with Crippen molar-refractivity contribution in [3.05, 3.63) is 29.8 Å². The highest BCUT2D eigenvalue weighted by Gasteiger charge is 2.29. The van der Waals surface area contributed by atoms with E-state index < -0.39 is 5.97 Å². The minimum atomic E-state index is -0.800. The maximum absolute atomic E-state index is 11.9. The number of aryl methyl sites for hydroxylation is 1. The summed E-state index contributed by atoms with van der Waals surface area (Å²) in [4.78, 5) is 24.6. The van der Waals surface area contributed by atoms with Crippen molar-refractivity contribution in [3.63, 3.8) is 0 Å². The lowest BCUT2D eigenvalue weighted by Crippen LogP contribution is -2.33. The Hall–Kier alpha value is -1.88. The van der Waals surface area contributed by atoms with Gasteiger partial charge in [-0.3, -0.25) is 14.5 Å². The van der Waals surface area contributed by atoms with Gasteiger partial charge in [-0.1, -0.05) is 12.1 Å². The van der Waals surface area contributed by atoms with Gasteiger partial charge in [0, 0.05) is 18.2 Å². The molecule has 0 heterocycles. The summed E-state index contributed by atoms with van der Waals surface area (Å²) in [6, 6.07) is 8.09. The predicted octanol–water partition coefficient (Wildman–Crippen LogP) is 2.26. The summed E-state index contributed by atoms with van der Waals surface area (Å²) >= 11 is 0. The third-order valence-corrected chi connectivity index (χ3v) is 3.55. The number of amides is 1. The Morgan fingerprint density at radius 3 is 2.76 bits per heavy atom. The zero-order valence-corrected chi connectivity index (χ0v) is 12.3. The molecule has 5 nitrogen and oxygen atoms in total. The van der Waals surface area contributed by atoms with Crippen molar-refractivity contribution >= 4 is 17.6 Å². The molecule has 1 aromatic carbocycles. The average molecular weight is 290 g/mol. The molecule has 0 bridgehead atoms. The molecule has 114 valence electrons. The molecule has 0 unspecified atom stereocenters. The summed E-state index contributed by atoms with van der Waals surface area (Å²) in [5.41, 5.74) is 1.92. The number of benzene rings is 1. The number of carbonyl (C=O) groups is 2. The summed E-state index contributed by atoms with van der Waals surface area (Å²) in [6.07, 6.45) is 3.24. The van der Waals surface area contributed by atoms with Gasteiger partial charge in [-0.15, -0.1) is 0 Å². The van der Waals surface area contributed by atoms with Gasteiger partial charge >= 0.3 is 5.97 Å². The Bertz CT molecular complexity index is 512. The van der Waals surface area contributed by atoms with Crippen LogP contribution in [0.3, 0.4) is 0 Å². The summed E-state index contributed by atoms with van der Waals surface area (Å²) in [5, 5.41) is 11.7. The second kappa shape index (κ2) is 7.22. The summed E-state index contributed by atoms with van der Waals surface area (Å²) in [5.74, 6) is -0.821. The first-order valence-electron chi connectivity index (χ1n) is 7.37. The molecule has 0 aromatic heterocycles. The van der Waals surface area contributed by atoms with Crippen LogP contribution in [0.1, 0.15) is 31.2 Å². The smallest absolute Gasteiger partial charge is 0.317 e.